The maximum absolute atomic E-state index is 2.43. The molecule has 33 heavy (non-hydrogen) atoms. The van der Waals surface area contributed by atoms with Gasteiger partial charge < -0.3 is 9.13 Å². The first-order chi connectivity index (χ1) is 16.3. The minimum Gasteiger partial charge on any atom is -0.342 e. The van der Waals surface area contributed by atoms with E-state index in [4.69, 9.17) is 0 Å². The molecule has 0 fully saturated rings. The minimum atomic E-state index is 1.18. The quantitative estimate of drug-likeness (QED) is 0.266. The van der Waals surface area contributed by atoms with Gasteiger partial charge in [-0.15, -0.1) is 0 Å². The van der Waals surface area contributed by atoms with Crippen LogP contribution < -0.4 is 0 Å². The van der Waals surface area contributed by atoms with Crippen LogP contribution in [0.5, 0.6) is 0 Å². The Hall–Kier alpha value is -4.30. The van der Waals surface area contributed by atoms with E-state index in [9.17, 15) is 0 Å². The zero-order chi connectivity index (χ0) is 21.9. The number of nitrogens with zero attached hydrogens (tertiary/aromatic N) is 2. The second-order valence-electron chi connectivity index (χ2n) is 8.70. The number of aryl methyl sites for hydroxylation is 1. The van der Waals surface area contributed by atoms with E-state index in [0.717, 1.165) is 0 Å². The van der Waals surface area contributed by atoms with Crippen LogP contribution in [0.3, 0.4) is 0 Å². The lowest BCUT2D eigenvalue weighted by molar-refractivity contribution is 1.01. The van der Waals surface area contributed by atoms with Crippen LogP contribution in [-0.4, -0.2) is 9.13 Å². The minimum absolute atomic E-state index is 1.18. The summed E-state index contributed by atoms with van der Waals surface area (Å²) in [7, 11) is 2.19. The van der Waals surface area contributed by atoms with Gasteiger partial charge in [-0.2, -0.15) is 0 Å². The number of hydrogen-bond acceptors (Lipinski definition) is 0. The molecule has 5 aromatic carbocycles. The van der Waals surface area contributed by atoms with Crippen molar-refractivity contribution in [3.63, 3.8) is 0 Å². The van der Waals surface area contributed by atoms with E-state index in [1.165, 1.54) is 60.4 Å². The molecule has 0 saturated carbocycles. The van der Waals surface area contributed by atoms with Gasteiger partial charge in [0, 0.05) is 39.8 Å². The van der Waals surface area contributed by atoms with E-state index in [1.807, 2.05) is 0 Å². The predicted octanol–water partition coefficient (Wildman–Crippen LogP) is 8.10. The first kappa shape index (κ1) is 18.3. The molecule has 0 N–H and O–H groups in total. The van der Waals surface area contributed by atoms with Gasteiger partial charge >= 0.3 is 0 Å². The average molecular weight is 423 g/mol. The van der Waals surface area contributed by atoms with E-state index in [1.54, 1.807) is 0 Å². The number of benzene rings is 5. The Balaban J connectivity index is 1.60. The predicted molar refractivity (Wildman–Crippen MR) is 140 cm³/mol. The normalized spacial score (nSPS) is 11.8. The Labute approximate surface area is 191 Å². The van der Waals surface area contributed by atoms with Gasteiger partial charge in [0.1, 0.15) is 0 Å². The molecule has 0 unspecified atom stereocenters. The summed E-state index contributed by atoms with van der Waals surface area (Å²) in [5.41, 5.74) is 8.68. The van der Waals surface area contributed by atoms with Crippen molar-refractivity contribution in [2.75, 3.05) is 0 Å². The van der Waals surface area contributed by atoms with Crippen molar-refractivity contribution >= 4 is 43.6 Å². The van der Waals surface area contributed by atoms with Gasteiger partial charge in [-0.05, 0) is 35.4 Å². The Morgan fingerprint density at radius 3 is 1.70 bits per heavy atom. The van der Waals surface area contributed by atoms with Gasteiger partial charge in [-0.1, -0.05) is 91.0 Å². The third-order valence-corrected chi connectivity index (χ3v) is 6.93. The summed E-state index contributed by atoms with van der Waals surface area (Å²) in [5, 5.41) is 5.17. The van der Waals surface area contributed by atoms with Crippen molar-refractivity contribution in [3.05, 3.63) is 115 Å². The molecule has 2 nitrogen and oxygen atoms in total. The van der Waals surface area contributed by atoms with Crippen LogP contribution in [0.25, 0.3) is 60.4 Å². The monoisotopic (exact) mass is 422 g/mol. The largest absolute Gasteiger partial charge is 0.342 e. The van der Waals surface area contributed by atoms with Crippen molar-refractivity contribution in [2.24, 2.45) is 7.05 Å². The van der Waals surface area contributed by atoms with Gasteiger partial charge in [-0.3, -0.25) is 0 Å². The van der Waals surface area contributed by atoms with Gasteiger partial charge in [0.15, 0.2) is 0 Å². The van der Waals surface area contributed by atoms with Crippen molar-refractivity contribution < 1.29 is 0 Å². The molecule has 2 aromatic heterocycles. The number of para-hydroxylation sites is 2. The molecule has 0 bridgehead atoms. The topological polar surface area (TPSA) is 9.86 Å². The number of hydrogen-bond donors (Lipinski definition) is 0. The van der Waals surface area contributed by atoms with Crippen molar-refractivity contribution in [2.45, 2.75) is 0 Å². The summed E-state index contributed by atoms with van der Waals surface area (Å²) < 4.78 is 4.78. The highest BCUT2D eigenvalue weighted by molar-refractivity contribution is 6.23. The fourth-order valence-electron chi connectivity index (χ4n) is 5.41. The third-order valence-electron chi connectivity index (χ3n) is 6.93. The van der Waals surface area contributed by atoms with Crippen LogP contribution in [0, 0.1) is 0 Å². The summed E-state index contributed by atoms with van der Waals surface area (Å²) in [6.07, 6.45) is 0. The number of fused-ring (bicyclic) bond motifs is 7. The van der Waals surface area contributed by atoms with Crippen LogP contribution in [0.1, 0.15) is 0 Å². The molecule has 7 aromatic rings. The molecular weight excluding hydrogens is 400 g/mol. The lowest BCUT2D eigenvalue weighted by atomic mass is 10.1. The SMILES string of the molecule is Cn1c2ccccc2c2ccc3c4ccccc4n(-c4ccc(-c5ccccc5)cc4)c3c21. The maximum Gasteiger partial charge on any atom is 0.0785 e. The molecule has 2 heterocycles. The standard InChI is InChI=1S/C31H22N2/c1-32-28-13-7-5-11-24(28)26-19-20-27-25-12-6-8-14-29(25)33(31(27)30(26)32)23-17-15-22(16-18-23)21-9-3-2-4-10-21/h2-20H,1H3. The average Bonchev–Trinajstić information content (AvgIpc) is 3.37. The molecule has 0 aliphatic heterocycles. The van der Waals surface area contributed by atoms with Gasteiger partial charge in [0.05, 0.1) is 16.6 Å². The van der Waals surface area contributed by atoms with E-state index in [2.05, 4.69) is 131 Å². The molecule has 0 spiro atoms. The van der Waals surface area contributed by atoms with E-state index < -0.39 is 0 Å². The molecule has 0 atom stereocenters. The highest BCUT2D eigenvalue weighted by Gasteiger charge is 2.18. The van der Waals surface area contributed by atoms with Crippen LogP contribution in [0.2, 0.25) is 0 Å². The maximum atomic E-state index is 2.43. The summed E-state index contributed by atoms with van der Waals surface area (Å²) in [4.78, 5) is 0. The second kappa shape index (κ2) is 6.85. The highest BCUT2D eigenvalue weighted by Crippen LogP contribution is 2.39. The molecule has 0 aliphatic carbocycles. The smallest absolute Gasteiger partial charge is 0.0785 e. The molecule has 2 heteroatoms. The third kappa shape index (κ3) is 2.55. The zero-order valence-electron chi connectivity index (χ0n) is 18.4. The van der Waals surface area contributed by atoms with Crippen LogP contribution in [0.4, 0.5) is 0 Å². The summed E-state index contributed by atoms with van der Waals surface area (Å²) in [6, 6.07) is 41.5. The first-order valence-electron chi connectivity index (χ1n) is 11.4. The fraction of sp³-hybridized carbons (Fsp3) is 0.0323. The Morgan fingerprint density at radius 2 is 0.970 bits per heavy atom. The summed E-state index contributed by atoms with van der Waals surface area (Å²) in [6.45, 7) is 0. The fourth-order valence-corrected chi connectivity index (χ4v) is 5.41. The molecular formula is C31H22N2. The second-order valence-corrected chi connectivity index (χ2v) is 8.70. The zero-order valence-corrected chi connectivity index (χ0v) is 18.4. The molecule has 7 rings (SSSR count). The van der Waals surface area contributed by atoms with Crippen LogP contribution >= 0.6 is 0 Å². The molecule has 0 aliphatic rings. The summed E-state index contributed by atoms with van der Waals surface area (Å²) >= 11 is 0. The Morgan fingerprint density at radius 1 is 0.424 bits per heavy atom. The molecule has 0 radical (unpaired) electrons. The van der Waals surface area contributed by atoms with Gasteiger partial charge in [0.2, 0.25) is 0 Å². The Bertz CT molecular complexity index is 1800. The number of aromatic nitrogens is 2. The lowest BCUT2D eigenvalue weighted by Gasteiger charge is -2.11. The molecule has 0 amide bonds. The van der Waals surface area contributed by atoms with Gasteiger partial charge in [-0.25, -0.2) is 0 Å². The highest BCUT2D eigenvalue weighted by atomic mass is 15.0. The summed E-state index contributed by atoms with van der Waals surface area (Å²) in [5.74, 6) is 0. The van der Waals surface area contributed by atoms with E-state index >= 15 is 0 Å². The van der Waals surface area contributed by atoms with Gasteiger partial charge in [0.25, 0.3) is 0 Å². The molecule has 156 valence electrons. The van der Waals surface area contributed by atoms with E-state index in [0.29, 0.717) is 0 Å². The van der Waals surface area contributed by atoms with E-state index in [-0.39, 0.29) is 0 Å². The van der Waals surface area contributed by atoms with Crippen LogP contribution in [-0.2, 0) is 7.05 Å². The van der Waals surface area contributed by atoms with Crippen LogP contribution in [0.15, 0.2) is 115 Å². The number of rotatable bonds is 2. The van der Waals surface area contributed by atoms with Crippen molar-refractivity contribution in [1.29, 1.82) is 0 Å². The molecule has 0 saturated heterocycles. The van der Waals surface area contributed by atoms with Crippen molar-refractivity contribution in [3.8, 4) is 16.8 Å². The van der Waals surface area contributed by atoms with Crippen molar-refractivity contribution in [1.82, 2.24) is 9.13 Å². The Kier molecular flexibility index (Phi) is 3.80. The lowest BCUT2D eigenvalue weighted by Crippen LogP contribution is -1.96. The first-order valence-corrected chi connectivity index (χ1v) is 11.4.